The highest BCUT2D eigenvalue weighted by atomic mass is 15.1. The van der Waals surface area contributed by atoms with Gasteiger partial charge in [0.15, 0.2) is 0 Å². The summed E-state index contributed by atoms with van der Waals surface area (Å²) in [5.74, 6) is 0.898. The molecule has 0 amide bonds. The fraction of sp³-hybridized carbons (Fsp3) is 0.571. The largest absolute Gasteiger partial charge is 0.326 e. The van der Waals surface area contributed by atoms with Crippen LogP contribution >= 0.6 is 0 Å². The SMILES string of the molecule is CN1CCC2(c3ccc(CN)cc3)CC2C1. The molecule has 0 aromatic heterocycles. The molecule has 0 bridgehead atoms. The Kier molecular flexibility index (Phi) is 2.30. The van der Waals surface area contributed by atoms with Gasteiger partial charge in [-0.25, -0.2) is 0 Å². The van der Waals surface area contributed by atoms with Gasteiger partial charge in [-0.2, -0.15) is 0 Å². The van der Waals surface area contributed by atoms with Crippen molar-refractivity contribution in [2.45, 2.75) is 24.8 Å². The number of rotatable bonds is 2. The van der Waals surface area contributed by atoms with Crippen molar-refractivity contribution in [1.82, 2.24) is 4.90 Å². The minimum atomic E-state index is 0.527. The summed E-state index contributed by atoms with van der Waals surface area (Å²) in [5.41, 5.74) is 8.95. The van der Waals surface area contributed by atoms with Crippen molar-refractivity contribution in [3.63, 3.8) is 0 Å². The van der Waals surface area contributed by atoms with E-state index in [0.29, 0.717) is 12.0 Å². The van der Waals surface area contributed by atoms with Crippen LogP contribution in [0.15, 0.2) is 24.3 Å². The Morgan fingerprint density at radius 1 is 1.38 bits per heavy atom. The Morgan fingerprint density at radius 3 is 2.75 bits per heavy atom. The van der Waals surface area contributed by atoms with Crippen molar-refractivity contribution in [3.05, 3.63) is 35.4 Å². The molecule has 1 aliphatic heterocycles. The van der Waals surface area contributed by atoms with E-state index < -0.39 is 0 Å². The Bertz CT molecular complexity index is 384. The third kappa shape index (κ3) is 1.48. The number of piperidine rings is 1. The zero-order valence-corrected chi connectivity index (χ0v) is 9.95. The molecule has 0 spiro atoms. The molecule has 2 atom stereocenters. The van der Waals surface area contributed by atoms with Crippen LogP contribution in [0.25, 0.3) is 0 Å². The lowest BCUT2D eigenvalue weighted by Gasteiger charge is -2.29. The van der Waals surface area contributed by atoms with Crippen molar-refractivity contribution in [2.75, 3.05) is 20.1 Å². The van der Waals surface area contributed by atoms with Crippen molar-refractivity contribution in [1.29, 1.82) is 0 Å². The number of likely N-dealkylation sites (tertiary alicyclic amines) is 1. The first-order valence-electron chi connectivity index (χ1n) is 6.23. The predicted molar refractivity (Wildman–Crippen MR) is 66.2 cm³/mol. The number of hydrogen-bond donors (Lipinski definition) is 1. The maximum Gasteiger partial charge on any atom is 0.0178 e. The van der Waals surface area contributed by atoms with Gasteiger partial charge in [0.05, 0.1) is 0 Å². The first-order chi connectivity index (χ1) is 7.74. The highest BCUT2D eigenvalue weighted by Gasteiger charge is 2.56. The third-order valence-corrected chi connectivity index (χ3v) is 4.47. The lowest BCUT2D eigenvalue weighted by molar-refractivity contribution is 0.248. The van der Waals surface area contributed by atoms with E-state index in [1.165, 1.54) is 31.5 Å². The van der Waals surface area contributed by atoms with Crippen LogP contribution < -0.4 is 5.73 Å². The van der Waals surface area contributed by atoms with Gasteiger partial charge in [0, 0.05) is 18.5 Å². The third-order valence-electron chi connectivity index (χ3n) is 4.47. The smallest absolute Gasteiger partial charge is 0.0178 e. The molecule has 1 aromatic rings. The lowest BCUT2D eigenvalue weighted by Crippen LogP contribution is -2.33. The molecule has 2 fully saturated rings. The number of nitrogens with two attached hydrogens (primary N) is 1. The molecule has 1 saturated carbocycles. The molecule has 1 aliphatic carbocycles. The maximum atomic E-state index is 5.63. The number of hydrogen-bond acceptors (Lipinski definition) is 2. The standard InChI is InChI=1S/C14H20N2/c1-16-7-6-14(8-13(14)10-16)12-4-2-11(9-15)3-5-12/h2-5,13H,6-10,15H2,1H3. The highest BCUT2D eigenvalue weighted by Crippen LogP contribution is 2.58. The monoisotopic (exact) mass is 216 g/mol. The Labute approximate surface area is 97.4 Å². The van der Waals surface area contributed by atoms with Gasteiger partial charge in [0.25, 0.3) is 0 Å². The Hall–Kier alpha value is -0.860. The van der Waals surface area contributed by atoms with Gasteiger partial charge in [-0.05, 0) is 43.5 Å². The summed E-state index contributed by atoms with van der Waals surface area (Å²) in [6.07, 6.45) is 2.72. The van der Waals surface area contributed by atoms with Gasteiger partial charge in [0.1, 0.15) is 0 Å². The van der Waals surface area contributed by atoms with E-state index in [-0.39, 0.29) is 0 Å². The van der Waals surface area contributed by atoms with Crippen LogP contribution in [0.5, 0.6) is 0 Å². The second-order valence-corrected chi connectivity index (χ2v) is 5.47. The summed E-state index contributed by atoms with van der Waals surface area (Å²) in [7, 11) is 2.24. The Balaban J connectivity index is 1.83. The lowest BCUT2D eigenvalue weighted by atomic mass is 9.87. The number of benzene rings is 1. The van der Waals surface area contributed by atoms with E-state index in [2.05, 4.69) is 36.2 Å². The topological polar surface area (TPSA) is 29.3 Å². The van der Waals surface area contributed by atoms with Gasteiger partial charge in [0.2, 0.25) is 0 Å². The zero-order chi connectivity index (χ0) is 11.2. The van der Waals surface area contributed by atoms with Crippen LogP contribution in [-0.2, 0) is 12.0 Å². The quantitative estimate of drug-likeness (QED) is 0.816. The fourth-order valence-corrected chi connectivity index (χ4v) is 3.25. The molecule has 2 heteroatoms. The molecule has 1 aromatic carbocycles. The van der Waals surface area contributed by atoms with Crippen LogP contribution in [0.1, 0.15) is 24.0 Å². The van der Waals surface area contributed by atoms with Gasteiger partial charge in [-0.3, -0.25) is 0 Å². The predicted octanol–water partition coefficient (Wildman–Crippen LogP) is 1.74. The molecule has 0 radical (unpaired) electrons. The van der Waals surface area contributed by atoms with Crippen LogP contribution in [0.3, 0.4) is 0 Å². The van der Waals surface area contributed by atoms with Crippen molar-refractivity contribution in [2.24, 2.45) is 11.7 Å². The molecule has 3 rings (SSSR count). The summed E-state index contributed by atoms with van der Waals surface area (Å²) < 4.78 is 0. The molecule has 16 heavy (non-hydrogen) atoms. The summed E-state index contributed by atoms with van der Waals surface area (Å²) in [5, 5.41) is 0. The molecule has 2 aliphatic rings. The van der Waals surface area contributed by atoms with Crippen LogP contribution in [0, 0.1) is 5.92 Å². The molecule has 2 N–H and O–H groups in total. The van der Waals surface area contributed by atoms with Gasteiger partial charge >= 0.3 is 0 Å². The molecular formula is C14H20N2. The number of nitrogens with zero attached hydrogens (tertiary/aromatic N) is 1. The van der Waals surface area contributed by atoms with Crippen LogP contribution in [0.2, 0.25) is 0 Å². The second-order valence-electron chi connectivity index (χ2n) is 5.47. The Morgan fingerprint density at radius 2 is 2.12 bits per heavy atom. The molecular weight excluding hydrogens is 196 g/mol. The van der Waals surface area contributed by atoms with Gasteiger partial charge < -0.3 is 10.6 Å². The van der Waals surface area contributed by atoms with Crippen LogP contribution in [-0.4, -0.2) is 25.0 Å². The average Bonchev–Trinajstić information content (AvgIpc) is 3.04. The minimum Gasteiger partial charge on any atom is -0.326 e. The van der Waals surface area contributed by atoms with E-state index in [0.717, 1.165) is 5.92 Å². The molecule has 2 nitrogen and oxygen atoms in total. The van der Waals surface area contributed by atoms with E-state index >= 15 is 0 Å². The summed E-state index contributed by atoms with van der Waals surface area (Å²) >= 11 is 0. The normalized spacial score (nSPS) is 33.5. The van der Waals surface area contributed by atoms with E-state index in [4.69, 9.17) is 5.73 Å². The molecule has 86 valence electrons. The second kappa shape index (κ2) is 3.57. The summed E-state index contributed by atoms with van der Waals surface area (Å²) in [6, 6.07) is 8.98. The van der Waals surface area contributed by atoms with Crippen molar-refractivity contribution >= 4 is 0 Å². The van der Waals surface area contributed by atoms with Crippen LogP contribution in [0.4, 0.5) is 0 Å². The number of fused-ring (bicyclic) bond motifs is 1. The van der Waals surface area contributed by atoms with Crippen molar-refractivity contribution < 1.29 is 0 Å². The van der Waals surface area contributed by atoms with E-state index in [1.807, 2.05) is 0 Å². The molecule has 2 unspecified atom stereocenters. The summed E-state index contributed by atoms with van der Waals surface area (Å²) in [6.45, 7) is 3.17. The average molecular weight is 216 g/mol. The zero-order valence-electron chi connectivity index (χ0n) is 9.95. The molecule has 1 saturated heterocycles. The maximum absolute atomic E-state index is 5.63. The van der Waals surface area contributed by atoms with Crippen molar-refractivity contribution in [3.8, 4) is 0 Å². The highest BCUT2D eigenvalue weighted by molar-refractivity contribution is 5.36. The van der Waals surface area contributed by atoms with E-state index in [1.54, 1.807) is 5.56 Å². The van der Waals surface area contributed by atoms with Gasteiger partial charge in [-0.15, -0.1) is 0 Å². The first kappa shape index (κ1) is 10.3. The first-order valence-corrected chi connectivity index (χ1v) is 6.23. The summed E-state index contributed by atoms with van der Waals surface area (Å²) in [4.78, 5) is 2.46. The molecule has 1 heterocycles. The fourth-order valence-electron chi connectivity index (χ4n) is 3.25. The minimum absolute atomic E-state index is 0.527. The van der Waals surface area contributed by atoms with E-state index in [9.17, 15) is 0 Å². The van der Waals surface area contributed by atoms with Gasteiger partial charge in [-0.1, -0.05) is 24.3 Å².